The van der Waals surface area contributed by atoms with Crippen LogP contribution < -0.4 is 5.73 Å². The van der Waals surface area contributed by atoms with Gasteiger partial charge in [-0.3, -0.25) is 4.90 Å². The number of halogens is 3. The second-order valence-corrected chi connectivity index (χ2v) is 16.7. The molecule has 9 heteroatoms. The normalized spacial score (nSPS) is 49.4. The largest absolute Gasteiger partial charge is 0.393 e. The average molecular weight is 621 g/mol. The third kappa shape index (κ3) is 3.89. The molecule has 13 unspecified atom stereocenters. The summed E-state index contributed by atoms with van der Waals surface area (Å²) in [6, 6.07) is 1.92. The zero-order valence-corrected chi connectivity index (χ0v) is 26.8. The first-order chi connectivity index (χ1) is 20.5. The van der Waals surface area contributed by atoms with Gasteiger partial charge in [-0.25, -0.2) is 13.2 Å². The molecule has 6 nitrogen and oxygen atoms in total. The van der Waals surface area contributed by atoms with Gasteiger partial charge in [0.2, 0.25) is 0 Å². The van der Waals surface area contributed by atoms with Gasteiger partial charge in [0.15, 0.2) is 17.5 Å². The lowest BCUT2D eigenvalue weighted by Gasteiger charge is -2.63. The summed E-state index contributed by atoms with van der Waals surface area (Å²) in [4.78, 5) is 1.67. The highest BCUT2D eigenvalue weighted by Crippen LogP contribution is 2.87. The van der Waals surface area contributed by atoms with Crippen LogP contribution in [-0.4, -0.2) is 62.9 Å². The molecule has 0 aromatic heterocycles. The van der Waals surface area contributed by atoms with E-state index in [1.807, 2.05) is 0 Å². The molecule has 1 aliphatic heterocycles. The molecule has 5 saturated carbocycles. The molecule has 0 radical (unpaired) electrons. The molecule has 1 aromatic carbocycles. The summed E-state index contributed by atoms with van der Waals surface area (Å²) in [6.45, 7) is 10.9. The van der Waals surface area contributed by atoms with E-state index in [9.17, 15) is 28.5 Å². The number of ether oxygens (including phenoxy) is 1. The number of nitrogens with zero attached hydrogens (tertiary/aromatic N) is 1. The Morgan fingerprint density at radius 2 is 1.64 bits per heavy atom. The Morgan fingerprint density at radius 3 is 2.30 bits per heavy atom. The maximum Gasteiger partial charge on any atom is 0.194 e. The minimum absolute atomic E-state index is 0.0219. The fourth-order valence-corrected chi connectivity index (χ4v) is 12.7. The van der Waals surface area contributed by atoms with Gasteiger partial charge in [0.05, 0.1) is 30.0 Å². The van der Waals surface area contributed by atoms with Gasteiger partial charge in [0.25, 0.3) is 0 Å². The maximum atomic E-state index is 13.9. The van der Waals surface area contributed by atoms with Gasteiger partial charge in [-0.15, -0.1) is 0 Å². The molecule has 5 aliphatic carbocycles. The van der Waals surface area contributed by atoms with Crippen LogP contribution in [0.3, 0.4) is 0 Å². The molecule has 0 bridgehead atoms. The standard InChI is InChI=1S/C35H51F3N2O4/c1-18-12-21(16-40(19(2)41)15-20-13-22(36)28(38)23(37)14-20)44-29-27(18)32(5)10-11-34-17-33(34)9-8-26(42)31(3,4)24(33)6-7-25(34)35(32,39)30(29)43/h13-14,18-19,21,24-27,29-30,41-43H,6-12,15-17,39H2,1-5H3. The van der Waals surface area contributed by atoms with Crippen molar-refractivity contribution in [1.82, 2.24) is 4.90 Å². The van der Waals surface area contributed by atoms with E-state index in [4.69, 9.17) is 10.5 Å². The summed E-state index contributed by atoms with van der Waals surface area (Å²) < 4.78 is 48.2. The fraction of sp³-hybridized carbons (Fsp3) is 0.829. The van der Waals surface area contributed by atoms with E-state index in [-0.39, 0.29) is 63.7 Å². The molecule has 1 saturated heterocycles. The van der Waals surface area contributed by atoms with E-state index >= 15 is 0 Å². The van der Waals surface area contributed by atoms with E-state index in [1.54, 1.807) is 11.8 Å². The molecule has 44 heavy (non-hydrogen) atoms. The Morgan fingerprint density at radius 1 is 1.00 bits per heavy atom. The van der Waals surface area contributed by atoms with Crippen molar-refractivity contribution in [1.29, 1.82) is 0 Å². The molecule has 13 atom stereocenters. The van der Waals surface area contributed by atoms with Gasteiger partial charge in [0.1, 0.15) is 6.23 Å². The van der Waals surface area contributed by atoms with E-state index in [1.165, 1.54) is 0 Å². The van der Waals surface area contributed by atoms with E-state index in [2.05, 4.69) is 27.7 Å². The van der Waals surface area contributed by atoms with Crippen LogP contribution in [0.1, 0.15) is 91.5 Å². The summed E-state index contributed by atoms with van der Waals surface area (Å²) in [5.74, 6) is -3.05. The highest BCUT2D eigenvalue weighted by Gasteiger charge is 2.85. The predicted octanol–water partition coefficient (Wildman–Crippen LogP) is 5.11. The van der Waals surface area contributed by atoms with Gasteiger partial charge in [-0.2, -0.15) is 0 Å². The highest BCUT2D eigenvalue weighted by molar-refractivity contribution is 5.35. The monoisotopic (exact) mass is 620 g/mol. The van der Waals surface area contributed by atoms with E-state index in [0.717, 1.165) is 57.1 Å². The molecule has 1 heterocycles. The smallest absolute Gasteiger partial charge is 0.194 e. The topological polar surface area (TPSA) is 99.2 Å². The lowest BCUT2D eigenvalue weighted by Crippen LogP contribution is -2.70. The summed E-state index contributed by atoms with van der Waals surface area (Å²) >= 11 is 0. The number of hydrogen-bond acceptors (Lipinski definition) is 6. The first-order valence-electron chi connectivity index (χ1n) is 16.9. The van der Waals surface area contributed by atoms with Gasteiger partial charge >= 0.3 is 0 Å². The molecule has 246 valence electrons. The molecule has 0 amide bonds. The van der Waals surface area contributed by atoms with Crippen LogP contribution in [-0.2, 0) is 11.3 Å². The zero-order valence-electron chi connectivity index (χ0n) is 26.8. The summed E-state index contributed by atoms with van der Waals surface area (Å²) in [5, 5.41) is 33.8. The van der Waals surface area contributed by atoms with Gasteiger partial charge in [0, 0.05) is 13.1 Å². The first-order valence-corrected chi connectivity index (χ1v) is 16.9. The van der Waals surface area contributed by atoms with E-state index in [0.29, 0.717) is 18.9 Å². The molecular weight excluding hydrogens is 569 g/mol. The van der Waals surface area contributed by atoms with Crippen molar-refractivity contribution in [3.05, 3.63) is 35.1 Å². The Labute approximate surface area is 259 Å². The zero-order chi connectivity index (χ0) is 31.8. The lowest BCUT2D eigenvalue weighted by atomic mass is 9.43. The van der Waals surface area contributed by atoms with Crippen molar-refractivity contribution < 1.29 is 33.2 Å². The summed E-state index contributed by atoms with van der Waals surface area (Å²) in [7, 11) is 0. The van der Waals surface area contributed by atoms with Crippen molar-refractivity contribution in [3.63, 3.8) is 0 Å². The molecule has 2 spiro atoms. The molecule has 1 aromatic rings. The Balaban J connectivity index is 1.14. The third-order valence-electron chi connectivity index (χ3n) is 14.7. The van der Waals surface area contributed by atoms with Gasteiger partial charge in [-0.1, -0.05) is 27.7 Å². The SMILES string of the molecule is CC1CC(CN(Cc2cc(F)c(F)c(F)c2)C(C)O)OC2C1C1(C)CCC34CC35CCC(O)C(C)(C)C5CCC4C1(N)C2O. The predicted molar refractivity (Wildman–Crippen MR) is 159 cm³/mol. The average Bonchev–Trinajstić information content (AvgIpc) is 3.58. The van der Waals surface area contributed by atoms with Crippen molar-refractivity contribution in [2.75, 3.05) is 6.54 Å². The lowest BCUT2D eigenvalue weighted by molar-refractivity contribution is -0.155. The van der Waals surface area contributed by atoms with Crippen molar-refractivity contribution in [2.45, 2.75) is 129 Å². The highest BCUT2D eigenvalue weighted by atomic mass is 19.2. The number of aliphatic hydroxyl groups is 3. The van der Waals surface area contributed by atoms with Gasteiger partial charge in [-0.05, 0) is 121 Å². The maximum absolute atomic E-state index is 13.9. The fourth-order valence-electron chi connectivity index (χ4n) is 12.7. The van der Waals surface area contributed by atoms with Crippen molar-refractivity contribution in [2.24, 2.45) is 51.1 Å². The molecule has 7 rings (SSSR count). The summed E-state index contributed by atoms with van der Waals surface area (Å²) in [5.41, 5.74) is 6.99. The first kappa shape index (κ1) is 31.4. The van der Waals surface area contributed by atoms with Gasteiger partial charge < -0.3 is 25.8 Å². The Hall–Kier alpha value is -1.23. The number of benzene rings is 1. The Kier molecular flexibility index (Phi) is 7.05. The van der Waals surface area contributed by atoms with Crippen LogP contribution >= 0.6 is 0 Å². The minimum Gasteiger partial charge on any atom is -0.393 e. The molecule has 6 aliphatic rings. The molecular formula is C35H51F3N2O4. The van der Waals surface area contributed by atoms with Crippen LogP contribution in [0.25, 0.3) is 0 Å². The van der Waals surface area contributed by atoms with Crippen LogP contribution in [0.4, 0.5) is 13.2 Å². The Bertz CT molecular complexity index is 1310. The van der Waals surface area contributed by atoms with E-state index < -0.39 is 41.4 Å². The minimum atomic E-state index is -1.51. The number of aliphatic hydroxyl groups excluding tert-OH is 3. The number of rotatable bonds is 5. The number of fused-ring (bicyclic) bond motifs is 4. The van der Waals surface area contributed by atoms with Crippen molar-refractivity contribution in [3.8, 4) is 0 Å². The third-order valence-corrected chi connectivity index (χ3v) is 14.7. The van der Waals surface area contributed by atoms with Crippen LogP contribution in [0.15, 0.2) is 12.1 Å². The van der Waals surface area contributed by atoms with Crippen LogP contribution in [0.2, 0.25) is 0 Å². The summed E-state index contributed by atoms with van der Waals surface area (Å²) in [6.07, 6.45) is 4.98. The number of nitrogens with two attached hydrogens (primary N) is 1. The second-order valence-electron chi connectivity index (χ2n) is 16.7. The number of hydrogen-bond donors (Lipinski definition) is 4. The second kappa shape index (κ2) is 9.89. The molecule has 5 N–H and O–H groups in total. The van der Waals surface area contributed by atoms with Crippen molar-refractivity contribution >= 4 is 0 Å². The van der Waals surface area contributed by atoms with Crippen LogP contribution in [0, 0.1) is 62.8 Å². The molecule has 6 fully saturated rings. The quantitative estimate of drug-likeness (QED) is 0.270. The van der Waals surface area contributed by atoms with Crippen LogP contribution in [0.5, 0.6) is 0 Å².